The average Bonchev–Trinajstić information content (AvgIpc) is 2.30. The molecule has 0 bridgehead atoms. The minimum atomic E-state index is 0.286. The van der Waals surface area contributed by atoms with Crippen LogP contribution in [0.4, 0.5) is 0 Å². The molecule has 2 heteroatoms. The van der Waals surface area contributed by atoms with Crippen LogP contribution in [0.15, 0.2) is 24.5 Å². The van der Waals surface area contributed by atoms with E-state index < -0.39 is 0 Å². The smallest absolute Gasteiger partial charge is 0.0299 e. The number of unbranched alkanes of at least 4 members (excludes halogenated alkanes) is 1. The van der Waals surface area contributed by atoms with Crippen molar-refractivity contribution in [2.24, 2.45) is 0 Å². The highest BCUT2D eigenvalue weighted by atomic mass is 14.9. The van der Waals surface area contributed by atoms with E-state index in [1.165, 1.54) is 24.8 Å². The largest absolute Gasteiger partial charge is 0.312 e. The molecule has 0 aromatic carbocycles. The van der Waals surface area contributed by atoms with E-state index in [0.29, 0.717) is 0 Å². The van der Waals surface area contributed by atoms with E-state index in [1.807, 2.05) is 18.5 Å². The quantitative estimate of drug-likeness (QED) is 0.714. The van der Waals surface area contributed by atoms with Gasteiger partial charge in [-0.2, -0.15) is 0 Å². The van der Waals surface area contributed by atoms with Crippen molar-refractivity contribution in [3.63, 3.8) is 0 Å². The zero-order chi connectivity index (χ0) is 11.9. The molecule has 0 radical (unpaired) electrons. The number of aromatic nitrogens is 1. The zero-order valence-corrected chi connectivity index (χ0v) is 10.8. The summed E-state index contributed by atoms with van der Waals surface area (Å²) in [7, 11) is 0. The van der Waals surface area contributed by atoms with E-state index in [0.717, 1.165) is 13.0 Å². The van der Waals surface area contributed by atoms with Crippen molar-refractivity contribution in [3.8, 4) is 0 Å². The summed E-state index contributed by atoms with van der Waals surface area (Å²) in [6.07, 6.45) is 8.58. The number of nitrogens with zero attached hydrogens (tertiary/aromatic N) is 1. The van der Waals surface area contributed by atoms with Crippen LogP contribution in [-0.4, -0.2) is 17.1 Å². The van der Waals surface area contributed by atoms with Gasteiger partial charge in [-0.1, -0.05) is 13.0 Å². The molecule has 0 aliphatic heterocycles. The van der Waals surface area contributed by atoms with Crippen molar-refractivity contribution >= 4 is 0 Å². The van der Waals surface area contributed by atoms with E-state index in [4.69, 9.17) is 0 Å². The third kappa shape index (κ3) is 5.26. The lowest BCUT2D eigenvalue weighted by molar-refractivity contribution is 0.372. The molecule has 0 saturated heterocycles. The lowest BCUT2D eigenvalue weighted by Gasteiger charge is -2.24. The molecule has 0 amide bonds. The van der Waals surface area contributed by atoms with Gasteiger partial charge in [0.2, 0.25) is 0 Å². The molecule has 0 aliphatic rings. The first kappa shape index (κ1) is 13.2. The summed E-state index contributed by atoms with van der Waals surface area (Å²) in [5.41, 5.74) is 1.63. The molecule has 2 nitrogen and oxygen atoms in total. The van der Waals surface area contributed by atoms with Gasteiger partial charge in [0, 0.05) is 17.9 Å². The van der Waals surface area contributed by atoms with Crippen molar-refractivity contribution in [1.82, 2.24) is 10.3 Å². The van der Waals surface area contributed by atoms with Gasteiger partial charge in [0.25, 0.3) is 0 Å². The summed E-state index contributed by atoms with van der Waals surface area (Å²) in [5.74, 6) is 0. The lowest BCUT2D eigenvalue weighted by atomic mass is 10.0. The molecule has 0 atom stereocenters. The average molecular weight is 220 g/mol. The number of pyridine rings is 1. The van der Waals surface area contributed by atoms with Crippen LogP contribution in [0.2, 0.25) is 0 Å². The molecular formula is C14H24N2. The number of rotatable bonds is 7. The molecule has 0 spiro atoms. The summed E-state index contributed by atoms with van der Waals surface area (Å²) in [4.78, 5) is 4.12. The van der Waals surface area contributed by atoms with Crippen LogP contribution >= 0.6 is 0 Å². The third-order valence-corrected chi connectivity index (χ3v) is 3.10. The highest BCUT2D eigenvalue weighted by Gasteiger charge is 2.12. The molecule has 1 rings (SSSR count). The van der Waals surface area contributed by atoms with Crippen molar-refractivity contribution < 1.29 is 0 Å². The van der Waals surface area contributed by atoms with Crippen LogP contribution in [0.1, 0.15) is 45.6 Å². The normalized spacial score (nSPS) is 11.7. The lowest BCUT2D eigenvalue weighted by Crippen LogP contribution is -2.38. The summed E-state index contributed by atoms with van der Waals surface area (Å²) >= 11 is 0. The third-order valence-electron chi connectivity index (χ3n) is 3.10. The molecule has 1 N–H and O–H groups in total. The SMILES string of the molecule is CCC(C)(C)NCCCCc1cccnc1. The number of nitrogens with one attached hydrogen (secondary N) is 1. The second kappa shape index (κ2) is 6.64. The second-order valence-electron chi connectivity index (χ2n) is 4.98. The fraction of sp³-hybridized carbons (Fsp3) is 0.643. The molecule has 0 unspecified atom stereocenters. The van der Waals surface area contributed by atoms with Gasteiger partial charge in [-0.3, -0.25) is 4.98 Å². The maximum absolute atomic E-state index is 4.12. The van der Waals surface area contributed by atoms with Crippen molar-refractivity contribution in [2.45, 2.75) is 52.0 Å². The van der Waals surface area contributed by atoms with Crippen LogP contribution < -0.4 is 5.32 Å². The van der Waals surface area contributed by atoms with E-state index >= 15 is 0 Å². The molecule has 0 fully saturated rings. The van der Waals surface area contributed by atoms with Gasteiger partial charge < -0.3 is 5.32 Å². The summed E-state index contributed by atoms with van der Waals surface area (Å²) < 4.78 is 0. The van der Waals surface area contributed by atoms with Crippen LogP contribution in [0.5, 0.6) is 0 Å². The Balaban J connectivity index is 2.09. The summed E-state index contributed by atoms with van der Waals surface area (Å²) in [6, 6.07) is 4.16. The number of hydrogen-bond acceptors (Lipinski definition) is 2. The van der Waals surface area contributed by atoms with Crippen LogP contribution in [0.25, 0.3) is 0 Å². The minimum absolute atomic E-state index is 0.286. The van der Waals surface area contributed by atoms with Gasteiger partial charge in [-0.15, -0.1) is 0 Å². The van der Waals surface area contributed by atoms with Gasteiger partial charge in [0.15, 0.2) is 0 Å². The highest BCUT2D eigenvalue weighted by Crippen LogP contribution is 2.07. The highest BCUT2D eigenvalue weighted by molar-refractivity contribution is 5.08. The molecule has 1 aromatic heterocycles. The maximum Gasteiger partial charge on any atom is 0.0299 e. The Bertz CT molecular complexity index is 280. The monoisotopic (exact) mass is 220 g/mol. The predicted molar refractivity (Wildman–Crippen MR) is 69.5 cm³/mol. The first-order valence-corrected chi connectivity index (χ1v) is 6.28. The fourth-order valence-corrected chi connectivity index (χ4v) is 1.55. The van der Waals surface area contributed by atoms with Crippen molar-refractivity contribution in [1.29, 1.82) is 0 Å². The van der Waals surface area contributed by atoms with E-state index in [2.05, 4.69) is 37.1 Å². The van der Waals surface area contributed by atoms with Crippen LogP contribution in [0.3, 0.4) is 0 Å². The minimum Gasteiger partial charge on any atom is -0.312 e. The number of aryl methyl sites for hydroxylation is 1. The van der Waals surface area contributed by atoms with Gasteiger partial charge in [0.05, 0.1) is 0 Å². The summed E-state index contributed by atoms with van der Waals surface area (Å²) in [5, 5.41) is 3.58. The molecule has 90 valence electrons. The molecule has 1 heterocycles. The number of hydrogen-bond donors (Lipinski definition) is 1. The summed E-state index contributed by atoms with van der Waals surface area (Å²) in [6.45, 7) is 7.85. The van der Waals surface area contributed by atoms with Crippen LogP contribution in [0, 0.1) is 0 Å². The Morgan fingerprint density at radius 3 is 2.75 bits per heavy atom. The van der Waals surface area contributed by atoms with Crippen molar-refractivity contribution in [2.75, 3.05) is 6.54 Å². The van der Waals surface area contributed by atoms with E-state index in [9.17, 15) is 0 Å². The van der Waals surface area contributed by atoms with Gasteiger partial charge in [-0.25, -0.2) is 0 Å². The Morgan fingerprint density at radius 1 is 1.31 bits per heavy atom. The van der Waals surface area contributed by atoms with Gasteiger partial charge in [-0.05, 0) is 57.7 Å². The standard InChI is InChI=1S/C14H24N2/c1-4-14(2,3)16-11-6-5-8-13-9-7-10-15-12-13/h7,9-10,12,16H,4-6,8,11H2,1-3H3. The fourth-order valence-electron chi connectivity index (χ4n) is 1.55. The Kier molecular flexibility index (Phi) is 5.47. The first-order valence-electron chi connectivity index (χ1n) is 6.28. The zero-order valence-electron chi connectivity index (χ0n) is 10.8. The molecule has 1 aromatic rings. The Labute approximate surface area is 99.5 Å². The molecular weight excluding hydrogens is 196 g/mol. The first-order chi connectivity index (χ1) is 7.64. The van der Waals surface area contributed by atoms with E-state index in [1.54, 1.807) is 0 Å². The topological polar surface area (TPSA) is 24.9 Å². The van der Waals surface area contributed by atoms with Crippen LogP contribution in [-0.2, 0) is 6.42 Å². The molecule has 16 heavy (non-hydrogen) atoms. The molecule has 0 saturated carbocycles. The Morgan fingerprint density at radius 2 is 2.12 bits per heavy atom. The maximum atomic E-state index is 4.12. The second-order valence-corrected chi connectivity index (χ2v) is 4.98. The molecule has 0 aliphatic carbocycles. The van der Waals surface area contributed by atoms with E-state index in [-0.39, 0.29) is 5.54 Å². The van der Waals surface area contributed by atoms with Crippen molar-refractivity contribution in [3.05, 3.63) is 30.1 Å². The van der Waals surface area contributed by atoms with Gasteiger partial charge >= 0.3 is 0 Å². The van der Waals surface area contributed by atoms with Gasteiger partial charge in [0.1, 0.15) is 0 Å². The predicted octanol–water partition coefficient (Wildman–Crippen LogP) is 3.18. The Hall–Kier alpha value is -0.890.